The van der Waals surface area contributed by atoms with Gasteiger partial charge in [0.2, 0.25) is 0 Å². The molecule has 0 spiro atoms. The molecule has 4 atom stereocenters. The Labute approximate surface area is 102 Å². The van der Waals surface area contributed by atoms with Crippen LogP contribution in [0.1, 0.15) is 37.5 Å². The third kappa shape index (κ3) is 2.18. The van der Waals surface area contributed by atoms with Gasteiger partial charge in [0.1, 0.15) is 0 Å². The Bertz CT molecular complexity index is 333. The molecule has 1 N–H and O–H groups in total. The maximum atomic E-state index is 3.86. The van der Waals surface area contributed by atoms with Gasteiger partial charge >= 0.3 is 0 Å². The zero-order valence-electron chi connectivity index (χ0n) is 9.99. The minimum atomic E-state index is 0.642. The third-order valence-electron chi connectivity index (χ3n) is 4.32. The summed E-state index contributed by atoms with van der Waals surface area (Å²) in [7, 11) is 0. The molecular weight excluding hydrogens is 214 g/mol. The van der Waals surface area contributed by atoms with Crippen LogP contribution in [0.4, 0.5) is 0 Å². The molecule has 2 aliphatic rings. The minimum Gasteiger partial charge on any atom is -0.311 e. The van der Waals surface area contributed by atoms with E-state index in [1.807, 2.05) is 11.3 Å². The summed E-state index contributed by atoms with van der Waals surface area (Å²) in [6.07, 6.45) is 7.13. The summed E-state index contributed by atoms with van der Waals surface area (Å²) in [4.78, 5) is 1.52. The van der Waals surface area contributed by atoms with E-state index in [4.69, 9.17) is 0 Å². The van der Waals surface area contributed by atoms with Gasteiger partial charge in [-0.2, -0.15) is 0 Å². The quantitative estimate of drug-likeness (QED) is 0.843. The second kappa shape index (κ2) is 4.50. The van der Waals surface area contributed by atoms with E-state index in [1.165, 1.54) is 37.0 Å². The van der Waals surface area contributed by atoms with Crippen LogP contribution in [0.5, 0.6) is 0 Å². The molecule has 2 aliphatic carbocycles. The molecule has 4 unspecified atom stereocenters. The number of hydrogen-bond donors (Lipinski definition) is 1. The van der Waals surface area contributed by atoms with Crippen molar-refractivity contribution in [2.75, 3.05) is 0 Å². The van der Waals surface area contributed by atoms with Crippen molar-refractivity contribution in [1.82, 2.24) is 5.32 Å². The second-order valence-electron chi connectivity index (χ2n) is 5.63. The summed E-state index contributed by atoms with van der Waals surface area (Å²) in [5.41, 5.74) is 0. The molecule has 16 heavy (non-hydrogen) atoms. The maximum Gasteiger partial charge on any atom is 0.0101 e. The fourth-order valence-corrected chi connectivity index (χ4v) is 4.44. The van der Waals surface area contributed by atoms with Crippen LogP contribution in [0.15, 0.2) is 17.5 Å². The minimum absolute atomic E-state index is 0.642. The maximum absolute atomic E-state index is 3.86. The summed E-state index contributed by atoms with van der Waals surface area (Å²) in [6.45, 7) is 2.34. The monoisotopic (exact) mass is 235 g/mol. The Morgan fingerprint density at radius 3 is 3.00 bits per heavy atom. The summed E-state index contributed by atoms with van der Waals surface area (Å²) < 4.78 is 0. The van der Waals surface area contributed by atoms with Gasteiger partial charge in [0.05, 0.1) is 0 Å². The second-order valence-corrected chi connectivity index (χ2v) is 6.66. The Morgan fingerprint density at radius 2 is 2.38 bits per heavy atom. The average molecular weight is 235 g/mol. The van der Waals surface area contributed by atoms with Gasteiger partial charge in [-0.1, -0.05) is 12.5 Å². The van der Waals surface area contributed by atoms with Gasteiger partial charge in [-0.25, -0.2) is 0 Å². The molecule has 2 bridgehead atoms. The van der Waals surface area contributed by atoms with Gasteiger partial charge in [-0.3, -0.25) is 0 Å². The van der Waals surface area contributed by atoms with Gasteiger partial charge in [0.25, 0.3) is 0 Å². The highest BCUT2D eigenvalue weighted by molar-refractivity contribution is 7.09. The van der Waals surface area contributed by atoms with Crippen molar-refractivity contribution in [3.05, 3.63) is 22.4 Å². The van der Waals surface area contributed by atoms with Crippen molar-refractivity contribution in [3.8, 4) is 0 Å². The number of thiophene rings is 1. The van der Waals surface area contributed by atoms with E-state index in [0.29, 0.717) is 6.04 Å². The van der Waals surface area contributed by atoms with Crippen LogP contribution in [-0.2, 0) is 6.42 Å². The van der Waals surface area contributed by atoms with Crippen molar-refractivity contribution in [1.29, 1.82) is 0 Å². The van der Waals surface area contributed by atoms with Gasteiger partial charge < -0.3 is 5.32 Å². The zero-order chi connectivity index (χ0) is 11.0. The fraction of sp³-hybridized carbons (Fsp3) is 0.714. The molecule has 2 saturated carbocycles. The number of rotatable bonds is 4. The summed E-state index contributed by atoms with van der Waals surface area (Å²) >= 11 is 1.88. The average Bonchev–Trinajstić information content (AvgIpc) is 2.92. The van der Waals surface area contributed by atoms with Crippen molar-refractivity contribution in [3.63, 3.8) is 0 Å². The van der Waals surface area contributed by atoms with E-state index in [9.17, 15) is 0 Å². The first kappa shape index (κ1) is 10.8. The van der Waals surface area contributed by atoms with Crippen LogP contribution in [0.3, 0.4) is 0 Å². The Hall–Kier alpha value is -0.340. The fourth-order valence-electron chi connectivity index (χ4n) is 3.60. The van der Waals surface area contributed by atoms with E-state index < -0.39 is 0 Å². The largest absolute Gasteiger partial charge is 0.311 e. The molecule has 2 heteroatoms. The Balaban J connectivity index is 1.51. The zero-order valence-corrected chi connectivity index (χ0v) is 10.8. The molecule has 0 aliphatic heterocycles. The normalized spacial score (nSPS) is 34.4. The van der Waals surface area contributed by atoms with Crippen LogP contribution in [-0.4, -0.2) is 12.1 Å². The van der Waals surface area contributed by atoms with Crippen molar-refractivity contribution in [2.24, 2.45) is 11.8 Å². The van der Waals surface area contributed by atoms with Crippen LogP contribution in [0, 0.1) is 11.8 Å². The predicted octanol–water partition coefficient (Wildman–Crippen LogP) is 3.46. The van der Waals surface area contributed by atoms with E-state index >= 15 is 0 Å². The van der Waals surface area contributed by atoms with Gasteiger partial charge in [-0.05, 0) is 55.9 Å². The first-order valence-corrected chi connectivity index (χ1v) is 7.47. The number of hydrogen-bond acceptors (Lipinski definition) is 2. The Morgan fingerprint density at radius 1 is 1.44 bits per heavy atom. The van der Waals surface area contributed by atoms with Gasteiger partial charge in [0, 0.05) is 17.0 Å². The molecule has 0 radical (unpaired) electrons. The number of nitrogens with one attached hydrogen (secondary N) is 1. The third-order valence-corrected chi connectivity index (χ3v) is 5.22. The molecule has 0 amide bonds. The van der Waals surface area contributed by atoms with Crippen molar-refractivity contribution in [2.45, 2.75) is 51.1 Å². The van der Waals surface area contributed by atoms with Crippen LogP contribution < -0.4 is 5.32 Å². The molecule has 88 valence electrons. The predicted molar refractivity (Wildman–Crippen MR) is 69.9 cm³/mol. The summed E-state index contributed by atoms with van der Waals surface area (Å²) in [5.74, 6) is 2.05. The highest BCUT2D eigenvalue weighted by Crippen LogP contribution is 2.44. The topological polar surface area (TPSA) is 12.0 Å². The molecular formula is C14H21NS. The molecule has 2 fully saturated rings. The van der Waals surface area contributed by atoms with E-state index in [1.54, 1.807) is 0 Å². The lowest BCUT2D eigenvalue weighted by atomic mass is 9.94. The lowest BCUT2D eigenvalue weighted by Crippen LogP contribution is -2.40. The number of fused-ring (bicyclic) bond motifs is 2. The molecule has 1 aromatic heterocycles. The smallest absolute Gasteiger partial charge is 0.0101 e. The summed E-state index contributed by atoms with van der Waals surface area (Å²) in [6, 6.07) is 5.88. The molecule has 0 aromatic carbocycles. The van der Waals surface area contributed by atoms with E-state index in [0.717, 1.165) is 17.9 Å². The van der Waals surface area contributed by atoms with Gasteiger partial charge in [-0.15, -0.1) is 11.3 Å². The molecule has 1 aromatic rings. The standard InChI is InChI=1S/C14H21NS/c1-10(7-13-3-2-6-16-13)15-14-9-11-4-5-12(14)8-11/h2-3,6,10-12,14-15H,4-5,7-9H2,1H3. The lowest BCUT2D eigenvalue weighted by Gasteiger charge is -2.26. The lowest BCUT2D eigenvalue weighted by molar-refractivity contribution is 0.324. The SMILES string of the molecule is CC(Cc1cccs1)NC1CC2CCC1C2. The van der Waals surface area contributed by atoms with Crippen LogP contribution in [0.25, 0.3) is 0 Å². The highest BCUT2D eigenvalue weighted by atomic mass is 32.1. The van der Waals surface area contributed by atoms with E-state index in [2.05, 4.69) is 29.8 Å². The van der Waals surface area contributed by atoms with Crippen LogP contribution >= 0.6 is 11.3 Å². The van der Waals surface area contributed by atoms with Gasteiger partial charge in [0.15, 0.2) is 0 Å². The van der Waals surface area contributed by atoms with Crippen LogP contribution in [0.2, 0.25) is 0 Å². The molecule has 0 saturated heterocycles. The first-order chi connectivity index (χ1) is 7.81. The Kier molecular flexibility index (Phi) is 3.03. The van der Waals surface area contributed by atoms with Crippen molar-refractivity contribution >= 4 is 11.3 Å². The molecule has 1 heterocycles. The van der Waals surface area contributed by atoms with E-state index in [-0.39, 0.29) is 0 Å². The van der Waals surface area contributed by atoms with Crippen molar-refractivity contribution < 1.29 is 0 Å². The first-order valence-electron chi connectivity index (χ1n) is 6.59. The molecule has 1 nitrogen and oxygen atoms in total. The summed E-state index contributed by atoms with van der Waals surface area (Å²) in [5, 5.41) is 6.04. The highest BCUT2D eigenvalue weighted by Gasteiger charge is 2.39. The molecule has 3 rings (SSSR count).